The fraction of sp³-hybridized carbons (Fsp3) is 0.0667. The van der Waals surface area contributed by atoms with Crippen molar-refractivity contribution in [3.63, 3.8) is 0 Å². The molecule has 5 heteroatoms. The van der Waals surface area contributed by atoms with Crippen molar-refractivity contribution in [3.05, 3.63) is 67.4 Å². The van der Waals surface area contributed by atoms with Gasteiger partial charge in [0.15, 0.2) is 0 Å². The average molecular weight is 388 g/mol. The number of aliphatic hydroxyl groups is 1. The van der Waals surface area contributed by atoms with Crippen molar-refractivity contribution >= 4 is 60.6 Å². The molecule has 0 fully saturated rings. The molecule has 3 rings (SSSR count). The van der Waals surface area contributed by atoms with E-state index >= 15 is 0 Å². The third kappa shape index (κ3) is 2.49. The van der Waals surface area contributed by atoms with E-state index in [1.807, 2.05) is 23.6 Å². The second kappa shape index (κ2) is 5.66. The van der Waals surface area contributed by atoms with Gasteiger partial charge in [0.25, 0.3) is 0 Å². The highest BCUT2D eigenvalue weighted by Gasteiger charge is 2.18. The van der Waals surface area contributed by atoms with Gasteiger partial charge in [0.2, 0.25) is 0 Å². The first-order chi connectivity index (χ1) is 9.58. The molecule has 2 aromatic carbocycles. The first-order valence-electron chi connectivity index (χ1n) is 5.86. The number of aliphatic hydroxyl groups excluding tert-OH is 1. The Balaban J connectivity index is 2.15. The molecule has 1 N–H and O–H groups in total. The van der Waals surface area contributed by atoms with Gasteiger partial charge in [-0.1, -0.05) is 35.3 Å². The van der Waals surface area contributed by atoms with Gasteiger partial charge in [0, 0.05) is 30.3 Å². The summed E-state index contributed by atoms with van der Waals surface area (Å²) in [7, 11) is 0. The van der Waals surface area contributed by atoms with Crippen LogP contribution in [0.1, 0.15) is 17.2 Å². The number of fused-ring (bicyclic) bond motifs is 1. The fourth-order valence-electron chi connectivity index (χ4n) is 2.15. The van der Waals surface area contributed by atoms with Crippen LogP contribution >= 0.6 is 50.5 Å². The van der Waals surface area contributed by atoms with Crippen LogP contribution in [0.15, 0.2) is 46.3 Å². The Hall–Kier alpha value is -0.580. The van der Waals surface area contributed by atoms with E-state index in [9.17, 15) is 5.11 Å². The van der Waals surface area contributed by atoms with Crippen molar-refractivity contribution in [1.29, 1.82) is 0 Å². The van der Waals surface area contributed by atoms with Crippen LogP contribution in [0.25, 0.3) is 10.1 Å². The van der Waals surface area contributed by atoms with Gasteiger partial charge in [-0.3, -0.25) is 0 Å². The van der Waals surface area contributed by atoms with E-state index in [-0.39, 0.29) is 0 Å². The summed E-state index contributed by atoms with van der Waals surface area (Å²) >= 11 is 17.3. The Morgan fingerprint density at radius 2 is 1.90 bits per heavy atom. The second-order valence-corrected chi connectivity index (χ2v) is 6.95. The first-order valence-corrected chi connectivity index (χ1v) is 8.29. The summed E-state index contributed by atoms with van der Waals surface area (Å²) in [6, 6.07) is 11.1. The highest BCUT2D eigenvalue weighted by molar-refractivity contribution is 9.10. The maximum absolute atomic E-state index is 10.6. The summed E-state index contributed by atoms with van der Waals surface area (Å²) in [4.78, 5) is 0. The van der Waals surface area contributed by atoms with E-state index < -0.39 is 6.10 Å². The number of hydrogen-bond acceptors (Lipinski definition) is 2. The van der Waals surface area contributed by atoms with Gasteiger partial charge in [0.1, 0.15) is 6.10 Å². The summed E-state index contributed by atoms with van der Waals surface area (Å²) in [5, 5.41) is 14.7. The van der Waals surface area contributed by atoms with E-state index in [1.54, 1.807) is 29.5 Å². The van der Waals surface area contributed by atoms with Crippen LogP contribution in [0.4, 0.5) is 0 Å². The molecule has 0 spiro atoms. The largest absolute Gasteiger partial charge is 0.384 e. The molecule has 20 heavy (non-hydrogen) atoms. The van der Waals surface area contributed by atoms with Crippen LogP contribution in [-0.2, 0) is 0 Å². The third-order valence-corrected chi connectivity index (χ3v) is 5.68. The highest BCUT2D eigenvalue weighted by Crippen LogP contribution is 2.39. The van der Waals surface area contributed by atoms with Crippen molar-refractivity contribution in [2.45, 2.75) is 6.10 Å². The van der Waals surface area contributed by atoms with E-state index in [4.69, 9.17) is 23.2 Å². The van der Waals surface area contributed by atoms with Crippen LogP contribution < -0.4 is 0 Å². The van der Waals surface area contributed by atoms with Gasteiger partial charge in [-0.05, 0) is 51.0 Å². The molecule has 0 radical (unpaired) electrons. The lowest BCUT2D eigenvalue weighted by molar-refractivity contribution is 0.222. The molecule has 0 aliphatic carbocycles. The zero-order valence-corrected chi connectivity index (χ0v) is 14.0. The number of benzene rings is 2. The molecule has 0 saturated carbocycles. The lowest BCUT2D eigenvalue weighted by atomic mass is 10.0. The molecule has 0 aliphatic heterocycles. The Morgan fingerprint density at radius 3 is 2.70 bits per heavy atom. The molecule has 1 nitrogen and oxygen atoms in total. The summed E-state index contributed by atoms with van der Waals surface area (Å²) in [6.45, 7) is 0. The Morgan fingerprint density at radius 1 is 1.10 bits per heavy atom. The van der Waals surface area contributed by atoms with Gasteiger partial charge in [-0.2, -0.15) is 0 Å². The van der Waals surface area contributed by atoms with Crippen LogP contribution in [-0.4, -0.2) is 5.11 Å². The minimum absolute atomic E-state index is 0.510. The molecular weight excluding hydrogens is 379 g/mol. The quantitative estimate of drug-likeness (QED) is 0.567. The minimum Gasteiger partial charge on any atom is -0.384 e. The van der Waals surface area contributed by atoms with Crippen molar-refractivity contribution in [3.8, 4) is 0 Å². The van der Waals surface area contributed by atoms with Gasteiger partial charge in [0.05, 0.1) is 0 Å². The fourth-order valence-corrected chi connectivity index (χ4v) is 4.19. The van der Waals surface area contributed by atoms with Gasteiger partial charge in [-0.15, -0.1) is 11.3 Å². The van der Waals surface area contributed by atoms with E-state index in [1.165, 1.54) is 0 Å². The Kier molecular flexibility index (Phi) is 4.07. The number of halogens is 3. The highest BCUT2D eigenvalue weighted by atomic mass is 79.9. The predicted molar refractivity (Wildman–Crippen MR) is 90.0 cm³/mol. The maximum Gasteiger partial charge on any atom is 0.107 e. The van der Waals surface area contributed by atoms with E-state index in [2.05, 4.69) is 15.9 Å². The predicted octanol–water partition coefficient (Wildman–Crippen LogP) is 6.05. The van der Waals surface area contributed by atoms with Gasteiger partial charge >= 0.3 is 0 Å². The molecule has 102 valence electrons. The molecule has 0 amide bonds. The average Bonchev–Trinajstić information content (AvgIpc) is 2.86. The molecule has 0 saturated heterocycles. The maximum atomic E-state index is 10.6. The van der Waals surface area contributed by atoms with Crippen molar-refractivity contribution < 1.29 is 5.11 Å². The van der Waals surface area contributed by atoms with E-state index in [0.29, 0.717) is 15.6 Å². The zero-order valence-electron chi connectivity index (χ0n) is 10.1. The normalized spacial score (nSPS) is 12.8. The van der Waals surface area contributed by atoms with E-state index in [0.717, 1.165) is 20.1 Å². The molecule has 1 heterocycles. The van der Waals surface area contributed by atoms with Crippen LogP contribution in [0.5, 0.6) is 0 Å². The summed E-state index contributed by atoms with van der Waals surface area (Å²) in [5.74, 6) is 0. The topological polar surface area (TPSA) is 20.2 Å². The lowest BCUT2D eigenvalue weighted by Gasteiger charge is -2.13. The third-order valence-electron chi connectivity index (χ3n) is 3.13. The van der Waals surface area contributed by atoms with Gasteiger partial charge in [-0.25, -0.2) is 0 Å². The van der Waals surface area contributed by atoms with Crippen LogP contribution in [0, 0.1) is 0 Å². The smallest absolute Gasteiger partial charge is 0.107 e. The Labute approximate surface area is 138 Å². The standard InChI is InChI=1S/C15H9BrCl2OS/c16-12-3-1-2-9-11(7-20-15(9)12)14(19)10-6-8(17)4-5-13(10)18/h1-7,14,19H. The SMILES string of the molecule is OC(c1cc(Cl)ccc1Cl)c1csc2c(Br)cccc12. The molecular formula is C15H9BrCl2OS. The summed E-state index contributed by atoms with van der Waals surface area (Å²) in [5.41, 5.74) is 1.47. The molecule has 3 aromatic rings. The number of thiophene rings is 1. The molecule has 1 unspecified atom stereocenters. The van der Waals surface area contributed by atoms with Crippen LogP contribution in [0.3, 0.4) is 0 Å². The second-order valence-electron chi connectivity index (χ2n) is 4.38. The van der Waals surface area contributed by atoms with Gasteiger partial charge < -0.3 is 5.11 Å². The molecule has 1 atom stereocenters. The molecule has 0 bridgehead atoms. The first kappa shape index (κ1) is 14.4. The number of rotatable bonds is 2. The summed E-state index contributed by atoms with van der Waals surface area (Å²) < 4.78 is 2.13. The Bertz CT molecular complexity index is 785. The van der Waals surface area contributed by atoms with Crippen molar-refractivity contribution in [2.24, 2.45) is 0 Å². The van der Waals surface area contributed by atoms with Crippen molar-refractivity contribution in [1.82, 2.24) is 0 Å². The zero-order chi connectivity index (χ0) is 14.3. The lowest BCUT2D eigenvalue weighted by Crippen LogP contribution is -1.99. The summed E-state index contributed by atoms with van der Waals surface area (Å²) in [6.07, 6.45) is -0.788. The molecule has 0 aliphatic rings. The monoisotopic (exact) mass is 386 g/mol. The van der Waals surface area contributed by atoms with Crippen LogP contribution in [0.2, 0.25) is 10.0 Å². The van der Waals surface area contributed by atoms with Crippen molar-refractivity contribution in [2.75, 3.05) is 0 Å². The molecule has 1 aromatic heterocycles. The minimum atomic E-state index is -0.788. The number of hydrogen-bond donors (Lipinski definition) is 1.